The van der Waals surface area contributed by atoms with Crippen molar-refractivity contribution in [2.45, 2.75) is 13.8 Å². The second-order valence-corrected chi connectivity index (χ2v) is 8.29. The van der Waals surface area contributed by atoms with Gasteiger partial charge in [0.25, 0.3) is 17.1 Å². The van der Waals surface area contributed by atoms with E-state index in [4.69, 9.17) is 0 Å². The number of nitrogens with one attached hydrogen (secondary N) is 1. The Labute approximate surface area is 190 Å². The zero-order chi connectivity index (χ0) is 22.7. The lowest BCUT2D eigenvalue weighted by molar-refractivity contribution is -0.122. The minimum absolute atomic E-state index is 0.105. The van der Waals surface area contributed by atoms with Crippen molar-refractivity contribution in [2.75, 3.05) is 13.1 Å². The van der Waals surface area contributed by atoms with Crippen molar-refractivity contribution in [1.29, 1.82) is 0 Å². The van der Waals surface area contributed by atoms with Gasteiger partial charge < -0.3 is 5.32 Å². The molecule has 1 aromatic heterocycles. The number of carbonyl (C=O) groups excluding carboxylic acids is 3. The lowest BCUT2D eigenvalue weighted by Gasteiger charge is -2.13. The molecule has 8 heteroatoms. The van der Waals surface area contributed by atoms with Gasteiger partial charge in [0.2, 0.25) is 0 Å². The van der Waals surface area contributed by atoms with E-state index in [9.17, 15) is 14.4 Å². The highest BCUT2D eigenvalue weighted by Crippen LogP contribution is 2.31. The molecule has 3 aromatic rings. The van der Waals surface area contributed by atoms with Gasteiger partial charge in [-0.25, -0.2) is 4.68 Å². The van der Waals surface area contributed by atoms with E-state index in [1.165, 1.54) is 0 Å². The third-order valence-electron chi connectivity index (χ3n) is 5.11. The third-order valence-corrected chi connectivity index (χ3v) is 6.02. The maximum absolute atomic E-state index is 12.8. The number of hydrogen-bond donors (Lipinski definition) is 1. The Balaban J connectivity index is 1.40. The molecule has 32 heavy (non-hydrogen) atoms. The van der Waals surface area contributed by atoms with E-state index < -0.39 is 0 Å². The number of amides is 3. The number of aryl methyl sites for hydroxylation is 1. The van der Waals surface area contributed by atoms with Gasteiger partial charge >= 0.3 is 0 Å². The molecule has 0 atom stereocenters. The van der Waals surface area contributed by atoms with Crippen molar-refractivity contribution in [3.05, 3.63) is 88.1 Å². The number of benzene rings is 2. The average molecular weight is 447 g/mol. The average Bonchev–Trinajstić information content (AvgIpc) is 3.24. The molecular weight excluding hydrogens is 424 g/mol. The number of imide groups is 1. The SMILES string of the molecule is Cc1nn(-c2ccccc2)c(C)c1C(=O)NCCN1C(=O)SC(=Cc2ccccc2)C1=O. The van der Waals surface area contributed by atoms with Gasteiger partial charge in [0.1, 0.15) is 0 Å². The van der Waals surface area contributed by atoms with Crippen LogP contribution in [0.1, 0.15) is 27.3 Å². The Morgan fingerprint density at radius 2 is 1.69 bits per heavy atom. The highest BCUT2D eigenvalue weighted by molar-refractivity contribution is 8.18. The lowest BCUT2D eigenvalue weighted by Crippen LogP contribution is -2.37. The van der Waals surface area contributed by atoms with Crippen molar-refractivity contribution in [2.24, 2.45) is 0 Å². The van der Waals surface area contributed by atoms with Gasteiger partial charge in [-0.05, 0) is 49.4 Å². The molecule has 1 saturated heterocycles. The van der Waals surface area contributed by atoms with E-state index in [0.717, 1.165) is 33.6 Å². The topological polar surface area (TPSA) is 84.3 Å². The molecule has 0 radical (unpaired) electrons. The van der Waals surface area contributed by atoms with Crippen LogP contribution in [0.3, 0.4) is 0 Å². The van der Waals surface area contributed by atoms with Gasteiger partial charge in [0.15, 0.2) is 0 Å². The molecule has 1 aliphatic heterocycles. The minimum Gasteiger partial charge on any atom is -0.350 e. The van der Waals surface area contributed by atoms with Crippen molar-refractivity contribution >= 4 is 34.9 Å². The Morgan fingerprint density at radius 1 is 1.03 bits per heavy atom. The lowest BCUT2D eigenvalue weighted by atomic mass is 10.2. The zero-order valence-corrected chi connectivity index (χ0v) is 18.6. The Morgan fingerprint density at radius 3 is 2.38 bits per heavy atom. The predicted molar refractivity (Wildman–Crippen MR) is 124 cm³/mol. The monoisotopic (exact) mass is 446 g/mol. The second kappa shape index (κ2) is 9.23. The summed E-state index contributed by atoms with van der Waals surface area (Å²) in [5.41, 5.74) is 3.55. The minimum atomic E-state index is -0.345. The Hall–Kier alpha value is -3.65. The van der Waals surface area contributed by atoms with Crippen LogP contribution in [0.25, 0.3) is 11.8 Å². The highest BCUT2D eigenvalue weighted by atomic mass is 32.2. The van der Waals surface area contributed by atoms with Crippen molar-refractivity contribution in [3.8, 4) is 5.69 Å². The third kappa shape index (κ3) is 4.36. The van der Waals surface area contributed by atoms with Crippen LogP contribution in [0.2, 0.25) is 0 Å². The molecule has 0 aliphatic carbocycles. The van der Waals surface area contributed by atoms with Crippen LogP contribution in [-0.4, -0.2) is 44.8 Å². The molecule has 2 aromatic carbocycles. The summed E-state index contributed by atoms with van der Waals surface area (Å²) in [6, 6.07) is 18.9. The molecular formula is C24H22N4O3S. The fraction of sp³-hybridized carbons (Fsp3) is 0.167. The second-order valence-electron chi connectivity index (χ2n) is 7.29. The van der Waals surface area contributed by atoms with Gasteiger partial charge in [-0.3, -0.25) is 19.3 Å². The number of thioether (sulfide) groups is 1. The summed E-state index contributed by atoms with van der Waals surface area (Å²) in [6.07, 6.45) is 1.70. The normalized spacial score (nSPS) is 14.9. The maximum atomic E-state index is 12.8. The quantitative estimate of drug-likeness (QED) is 0.580. The summed E-state index contributed by atoms with van der Waals surface area (Å²) < 4.78 is 1.73. The van der Waals surface area contributed by atoms with Crippen LogP contribution in [0.15, 0.2) is 65.6 Å². The van der Waals surface area contributed by atoms with Crippen molar-refractivity contribution < 1.29 is 14.4 Å². The maximum Gasteiger partial charge on any atom is 0.293 e. The molecule has 0 spiro atoms. The molecule has 0 bridgehead atoms. The molecule has 2 heterocycles. The van der Waals surface area contributed by atoms with E-state index in [1.807, 2.05) is 67.6 Å². The first kappa shape index (κ1) is 21.6. The largest absolute Gasteiger partial charge is 0.350 e. The first-order valence-corrected chi connectivity index (χ1v) is 11.0. The summed E-state index contributed by atoms with van der Waals surface area (Å²) in [5, 5.41) is 6.96. The van der Waals surface area contributed by atoms with Gasteiger partial charge in [0, 0.05) is 13.1 Å². The van der Waals surface area contributed by atoms with Crippen LogP contribution >= 0.6 is 11.8 Å². The fourth-order valence-corrected chi connectivity index (χ4v) is 4.42. The number of para-hydroxylation sites is 1. The van der Waals surface area contributed by atoms with E-state index in [1.54, 1.807) is 17.7 Å². The Kier molecular flexibility index (Phi) is 6.23. The zero-order valence-electron chi connectivity index (χ0n) is 17.7. The van der Waals surface area contributed by atoms with E-state index in [2.05, 4.69) is 10.4 Å². The van der Waals surface area contributed by atoms with E-state index >= 15 is 0 Å². The summed E-state index contributed by atoms with van der Waals surface area (Å²) in [4.78, 5) is 39.3. The van der Waals surface area contributed by atoms with Crippen LogP contribution in [-0.2, 0) is 4.79 Å². The summed E-state index contributed by atoms with van der Waals surface area (Å²) in [5.74, 6) is -0.628. The molecule has 0 unspecified atom stereocenters. The van der Waals surface area contributed by atoms with Crippen LogP contribution in [0, 0.1) is 13.8 Å². The summed E-state index contributed by atoms with van der Waals surface area (Å²) >= 11 is 0.910. The summed E-state index contributed by atoms with van der Waals surface area (Å²) in [7, 11) is 0. The number of aromatic nitrogens is 2. The number of carbonyl (C=O) groups is 3. The number of hydrogen-bond acceptors (Lipinski definition) is 5. The van der Waals surface area contributed by atoms with Crippen LogP contribution in [0.5, 0.6) is 0 Å². The van der Waals surface area contributed by atoms with Gasteiger partial charge in [-0.15, -0.1) is 0 Å². The fourth-order valence-electron chi connectivity index (χ4n) is 3.55. The van der Waals surface area contributed by atoms with Crippen LogP contribution < -0.4 is 5.32 Å². The molecule has 1 N–H and O–H groups in total. The van der Waals surface area contributed by atoms with E-state index in [-0.39, 0.29) is 30.1 Å². The van der Waals surface area contributed by atoms with E-state index in [0.29, 0.717) is 16.2 Å². The Bertz CT molecular complexity index is 1200. The smallest absolute Gasteiger partial charge is 0.293 e. The molecule has 162 valence electrons. The number of nitrogens with zero attached hydrogens (tertiary/aromatic N) is 3. The van der Waals surface area contributed by atoms with Gasteiger partial charge in [0.05, 0.1) is 27.5 Å². The molecule has 0 saturated carbocycles. The molecule has 1 aliphatic rings. The first-order chi connectivity index (χ1) is 15.5. The van der Waals surface area contributed by atoms with Crippen molar-refractivity contribution in [1.82, 2.24) is 20.0 Å². The standard InChI is InChI=1S/C24H22N4O3S/c1-16-21(17(2)28(26-16)19-11-7-4-8-12-19)22(29)25-13-14-27-23(30)20(32-24(27)31)15-18-9-5-3-6-10-18/h3-12,15H,13-14H2,1-2H3,(H,25,29). The highest BCUT2D eigenvalue weighted by Gasteiger charge is 2.34. The first-order valence-electron chi connectivity index (χ1n) is 10.2. The molecule has 3 amide bonds. The molecule has 1 fully saturated rings. The van der Waals surface area contributed by atoms with Gasteiger partial charge in [-0.1, -0.05) is 48.5 Å². The van der Waals surface area contributed by atoms with Crippen molar-refractivity contribution in [3.63, 3.8) is 0 Å². The number of rotatable bonds is 6. The predicted octanol–water partition coefficient (Wildman–Crippen LogP) is 3.96. The van der Waals surface area contributed by atoms with Gasteiger partial charge in [-0.2, -0.15) is 5.10 Å². The molecule has 7 nitrogen and oxygen atoms in total. The summed E-state index contributed by atoms with van der Waals surface area (Å²) in [6.45, 7) is 3.89. The van der Waals surface area contributed by atoms with Crippen LogP contribution in [0.4, 0.5) is 4.79 Å². The molecule has 4 rings (SSSR count).